The number of allylic oxidation sites excluding steroid dienone is 4. The van der Waals surface area contributed by atoms with Crippen LogP contribution in [0.1, 0.15) is 84.3 Å². The lowest BCUT2D eigenvalue weighted by Crippen LogP contribution is -2.36. The SMILES string of the molecule is CC(C)=CC[C@@H](O)/C(C)=C/CC/C(C)=C/CC[C@]1(C)CCc2cc(O)cc(C)c2O1. The molecule has 30 heavy (non-hydrogen) atoms. The van der Waals surface area contributed by atoms with Crippen molar-refractivity contribution in [2.24, 2.45) is 0 Å². The Hall–Kier alpha value is -2.00. The number of phenolic OH excluding ortho intramolecular Hbond substituents is 1. The second kappa shape index (κ2) is 10.9. The summed E-state index contributed by atoms with van der Waals surface area (Å²) in [5.41, 5.74) is 5.66. The van der Waals surface area contributed by atoms with Gasteiger partial charge in [-0.3, -0.25) is 0 Å². The standard InChI is InChI=1S/C27H40O3/c1-19(2)12-13-25(29)21(4)11-7-9-20(3)10-8-15-27(6)16-14-23-18-24(28)17-22(5)26(23)30-27/h10-12,17-18,25,28-29H,7-9,13-16H2,1-6H3/b20-10+,21-11+/t25-,27-/m1/s1. The van der Waals surface area contributed by atoms with E-state index >= 15 is 0 Å². The number of aryl methyl sites for hydroxylation is 2. The van der Waals surface area contributed by atoms with Crippen molar-refractivity contribution in [1.29, 1.82) is 0 Å². The van der Waals surface area contributed by atoms with Crippen LogP contribution in [0, 0.1) is 6.92 Å². The number of rotatable bonds is 9. The Kier molecular flexibility index (Phi) is 8.78. The first-order valence-corrected chi connectivity index (χ1v) is 11.2. The van der Waals surface area contributed by atoms with Crippen molar-refractivity contribution in [2.45, 2.75) is 98.2 Å². The molecule has 0 aliphatic carbocycles. The Balaban J connectivity index is 1.82. The highest BCUT2D eigenvalue weighted by Crippen LogP contribution is 2.39. The molecular formula is C27H40O3. The summed E-state index contributed by atoms with van der Waals surface area (Å²) in [6, 6.07) is 3.61. The van der Waals surface area contributed by atoms with Crippen molar-refractivity contribution in [2.75, 3.05) is 0 Å². The summed E-state index contributed by atoms with van der Waals surface area (Å²) < 4.78 is 6.38. The predicted molar refractivity (Wildman–Crippen MR) is 126 cm³/mol. The largest absolute Gasteiger partial charge is 0.508 e. The minimum atomic E-state index is -0.374. The van der Waals surface area contributed by atoms with Crippen LogP contribution in [-0.4, -0.2) is 21.9 Å². The molecule has 1 aliphatic heterocycles. The van der Waals surface area contributed by atoms with Crippen LogP contribution in [0.5, 0.6) is 11.5 Å². The van der Waals surface area contributed by atoms with Gasteiger partial charge in [0.15, 0.2) is 0 Å². The highest BCUT2D eigenvalue weighted by molar-refractivity contribution is 5.47. The highest BCUT2D eigenvalue weighted by Gasteiger charge is 2.31. The Labute approximate surface area is 183 Å². The van der Waals surface area contributed by atoms with Crippen molar-refractivity contribution < 1.29 is 14.9 Å². The molecule has 3 nitrogen and oxygen atoms in total. The van der Waals surface area contributed by atoms with Crippen molar-refractivity contribution in [3.63, 3.8) is 0 Å². The van der Waals surface area contributed by atoms with E-state index < -0.39 is 0 Å². The van der Waals surface area contributed by atoms with Gasteiger partial charge in [-0.2, -0.15) is 0 Å². The number of hydrogen-bond donors (Lipinski definition) is 2. The normalized spacial score (nSPS) is 20.4. The van der Waals surface area contributed by atoms with Crippen molar-refractivity contribution in [3.05, 3.63) is 58.2 Å². The molecule has 1 aliphatic rings. The lowest BCUT2D eigenvalue weighted by atomic mass is 9.87. The number of aliphatic hydroxyl groups excluding tert-OH is 1. The van der Waals surface area contributed by atoms with Crippen LogP contribution in [0.2, 0.25) is 0 Å². The van der Waals surface area contributed by atoms with Gasteiger partial charge in [-0.05, 0) is 115 Å². The Morgan fingerprint density at radius 2 is 1.87 bits per heavy atom. The monoisotopic (exact) mass is 412 g/mol. The number of phenols is 1. The molecule has 0 bridgehead atoms. The molecule has 2 N–H and O–H groups in total. The number of hydrogen-bond acceptors (Lipinski definition) is 3. The topological polar surface area (TPSA) is 49.7 Å². The average Bonchev–Trinajstić information content (AvgIpc) is 2.66. The van der Waals surface area contributed by atoms with Gasteiger partial charge in [-0.15, -0.1) is 0 Å². The molecule has 0 fully saturated rings. The zero-order valence-corrected chi connectivity index (χ0v) is 19.7. The Morgan fingerprint density at radius 1 is 1.13 bits per heavy atom. The van der Waals surface area contributed by atoms with E-state index in [1.165, 1.54) is 11.1 Å². The smallest absolute Gasteiger partial charge is 0.126 e. The lowest BCUT2D eigenvalue weighted by molar-refractivity contribution is 0.0561. The Bertz CT molecular complexity index is 812. The van der Waals surface area contributed by atoms with E-state index in [0.717, 1.165) is 61.0 Å². The number of aromatic hydroxyl groups is 1. The van der Waals surface area contributed by atoms with E-state index in [9.17, 15) is 10.2 Å². The molecule has 3 heteroatoms. The first-order valence-electron chi connectivity index (χ1n) is 11.2. The molecule has 2 atom stereocenters. The molecule has 0 unspecified atom stereocenters. The van der Waals surface area contributed by atoms with Crippen molar-refractivity contribution >= 4 is 0 Å². The summed E-state index contributed by atoms with van der Waals surface area (Å²) in [4.78, 5) is 0. The summed E-state index contributed by atoms with van der Waals surface area (Å²) in [6.07, 6.45) is 12.8. The van der Waals surface area contributed by atoms with E-state index in [1.54, 1.807) is 6.07 Å². The molecular weight excluding hydrogens is 372 g/mol. The van der Waals surface area contributed by atoms with Gasteiger partial charge in [0.25, 0.3) is 0 Å². The summed E-state index contributed by atoms with van der Waals surface area (Å²) in [6.45, 7) is 12.5. The third-order valence-corrected chi connectivity index (χ3v) is 6.05. The highest BCUT2D eigenvalue weighted by atomic mass is 16.5. The fourth-order valence-electron chi connectivity index (χ4n) is 3.95. The van der Waals surface area contributed by atoms with Crippen molar-refractivity contribution in [3.8, 4) is 11.5 Å². The van der Waals surface area contributed by atoms with Crippen LogP contribution in [0.15, 0.2) is 47.1 Å². The lowest BCUT2D eigenvalue weighted by Gasteiger charge is -2.36. The molecule has 1 aromatic rings. The summed E-state index contributed by atoms with van der Waals surface area (Å²) in [5.74, 6) is 1.28. The maximum absolute atomic E-state index is 10.2. The fourth-order valence-corrected chi connectivity index (χ4v) is 3.95. The van der Waals surface area contributed by atoms with Crippen molar-refractivity contribution in [1.82, 2.24) is 0 Å². The number of benzene rings is 1. The van der Waals surface area contributed by atoms with Gasteiger partial charge in [-0.1, -0.05) is 29.4 Å². The molecule has 0 saturated carbocycles. The van der Waals surface area contributed by atoms with E-state index in [0.29, 0.717) is 12.2 Å². The molecule has 1 heterocycles. The zero-order valence-electron chi connectivity index (χ0n) is 19.7. The van der Waals surface area contributed by atoms with Gasteiger partial charge in [0.2, 0.25) is 0 Å². The van der Waals surface area contributed by atoms with Gasteiger partial charge < -0.3 is 14.9 Å². The molecule has 0 saturated heterocycles. The van der Waals surface area contributed by atoms with Gasteiger partial charge in [-0.25, -0.2) is 0 Å². The molecule has 0 spiro atoms. The third-order valence-electron chi connectivity index (χ3n) is 6.05. The van der Waals surface area contributed by atoms with Gasteiger partial charge >= 0.3 is 0 Å². The summed E-state index contributed by atoms with van der Waals surface area (Å²) in [7, 11) is 0. The van der Waals surface area contributed by atoms with Gasteiger partial charge in [0, 0.05) is 0 Å². The van der Waals surface area contributed by atoms with E-state index in [1.807, 2.05) is 19.9 Å². The van der Waals surface area contributed by atoms with E-state index in [2.05, 4.69) is 45.9 Å². The maximum atomic E-state index is 10.2. The third kappa shape index (κ3) is 7.36. The van der Waals surface area contributed by atoms with Crippen LogP contribution in [0.3, 0.4) is 0 Å². The van der Waals surface area contributed by atoms with Crippen LogP contribution >= 0.6 is 0 Å². The quantitative estimate of drug-likeness (QED) is 0.431. The molecule has 0 aromatic heterocycles. The first kappa shape index (κ1) is 24.3. The molecule has 1 aromatic carbocycles. The second-order valence-electron chi connectivity index (χ2n) is 9.41. The van der Waals surface area contributed by atoms with Gasteiger partial charge in [0.1, 0.15) is 17.1 Å². The van der Waals surface area contributed by atoms with Crippen LogP contribution in [-0.2, 0) is 6.42 Å². The predicted octanol–water partition coefficient (Wildman–Crippen LogP) is 6.95. The minimum Gasteiger partial charge on any atom is -0.508 e. The average molecular weight is 413 g/mol. The van der Waals surface area contributed by atoms with Crippen LogP contribution in [0.4, 0.5) is 0 Å². The van der Waals surface area contributed by atoms with E-state index in [4.69, 9.17) is 4.74 Å². The van der Waals surface area contributed by atoms with E-state index in [-0.39, 0.29) is 11.7 Å². The number of fused-ring (bicyclic) bond motifs is 1. The van der Waals surface area contributed by atoms with Crippen LogP contribution in [0.25, 0.3) is 0 Å². The second-order valence-corrected chi connectivity index (χ2v) is 9.41. The molecule has 0 amide bonds. The maximum Gasteiger partial charge on any atom is 0.126 e. The molecule has 166 valence electrons. The van der Waals surface area contributed by atoms with Gasteiger partial charge in [0.05, 0.1) is 6.10 Å². The summed E-state index contributed by atoms with van der Waals surface area (Å²) in [5, 5.41) is 20.0. The Morgan fingerprint density at radius 3 is 2.57 bits per heavy atom. The van der Waals surface area contributed by atoms with Crippen LogP contribution < -0.4 is 4.74 Å². The number of ether oxygens (including phenoxy) is 1. The molecule has 2 rings (SSSR count). The minimum absolute atomic E-state index is 0.156. The summed E-state index contributed by atoms with van der Waals surface area (Å²) >= 11 is 0. The molecule has 0 radical (unpaired) electrons. The zero-order chi connectivity index (χ0) is 22.3. The first-order chi connectivity index (χ1) is 14.1. The number of aliphatic hydroxyl groups is 1. The fraction of sp³-hybridized carbons (Fsp3) is 0.556.